The number of allylic oxidation sites excluding steroid dienone is 1. The van der Waals surface area contributed by atoms with E-state index in [1.54, 1.807) is 4.90 Å². The van der Waals surface area contributed by atoms with E-state index in [1.807, 2.05) is 63.3 Å². The fourth-order valence-corrected chi connectivity index (χ4v) is 3.99. The summed E-state index contributed by atoms with van der Waals surface area (Å²) in [7, 11) is 1.37. The van der Waals surface area contributed by atoms with Gasteiger partial charge in [-0.1, -0.05) is 48.9 Å². The second kappa shape index (κ2) is 11.1. The average Bonchev–Trinajstić information content (AvgIpc) is 2.74. The number of amides is 1. The van der Waals surface area contributed by atoms with Gasteiger partial charge in [0.25, 0.3) is 0 Å². The minimum Gasteiger partial charge on any atom is -0.469 e. The Morgan fingerprint density at radius 2 is 1.90 bits per heavy atom. The largest absolute Gasteiger partial charge is 0.469 e. The minimum atomic E-state index is -0.712. The number of hydrogen-bond donors (Lipinski definition) is 0. The number of ether oxygens (including phenoxy) is 2. The van der Waals surface area contributed by atoms with Crippen LogP contribution in [0.25, 0.3) is 0 Å². The monoisotopic (exact) mass is 429 g/mol. The standard InChI is InChI=1S/C25H35NO5/c1-24(2,3)31-23(29)26(18-20-12-6-5-7-13-20)21-14-8-10-16-25(21,19-27)17-11-9-15-22(28)30-4/h5-8,12-14,19,21H,9-11,15-18H2,1-4H3/t21-,25+/m1/s1. The summed E-state index contributed by atoms with van der Waals surface area (Å²) >= 11 is 0. The summed E-state index contributed by atoms with van der Waals surface area (Å²) in [6.07, 6.45) is 8.26. The smallest absolute Gasteiger partial charge is 0.411 e. The Hall–Kier alpha value is -2.63. The van der Waals surface area contributed by atoms with Gasteiger partial charge < -0.3 is 14.3 Å². The zero-order chi connectivity index (χ0) is 22.9. The number of esters is 1. The van der Waals surface area contributed by atoms with Crippen LogP contribution in [0.1, 0.15) is 64.9 Å². The second-order valence-electron chi connectivity index (χ2n) is 9.14. The van der Waals surface area contributed by atoms with Gasteiger partial charge in [0.1, 0.15) is 11.9 Å². The average molecular weight is 430 g/mol. The predicted octanol–water partition coefficient (Wildman–Crippen LogP) is 5.06. The van der Waals surface area contributed by atoms with Crippen LogP contribution in [0, 0.1) is 5.41 Å². The van der Waals surface area contributed by atoms with Crippen LogP contribution in [0.2, 0.25) is 0 Å². The van der Waals surface area contributed by atoms with Gasteiger partial charge in [-0.15, -0.1) is 0 Å². The zero-order valence-electron chi connectivity index (χ0n) is 19.1. The molecule has 0 spiro atoms. The van der Waals surface area contributed by atoms with Crippen LogP contribution in [0.4, 0.5) is 4.79 Å². The van der Waals surface area contributed by atoms with E-state index in [1.165, 1.54) is 7.11 Å². The van der Waals surface area contributed by atoms with Crippen LogP contribution in [-0.4, -0.2) is 42.0 Å². The normalized spacial score (nSPS) is 20.7. The Kier molecular flexibility index (Phi) is 8.84. The summed E-state index contributed by atoms with van der Waals surface area (Å²) < 4.78 is 10.4. The molecule has 1 aromatic carbocycles. The highest BCUT2D eigenvalue weighted by Gasteiger charge is 2.44. The maximum Gasteiger partial charge on any atom is 0.411 e. The van der Waals surface area contributed by atoms with Crippen molar-refractivity contribution < 1.29 is 23.9 Å². The minimum absolute atomic E-state index is 0.250. The summed E-state index contributed by atoms with van der Waals surface area (Å²) in [4.78, 5) is 38.8. The number of aldehydes is 1. The van der Waals surface area contributed by atoms with Gasteiger partial charge in [0.2, 0.25) is 0 Å². The number of nitrogens with zero attached hydrogens (tertiary/aromatic N) is 1. The van der Waals surface area contributed by atoms with Crippen LogP contribution in [0.3, 0.4) is 0 Å². The number of unbranched alkanes of at least 4 members (excludes halogenated alkanes) is 1. The van der Waals surface area contributed by atoms with E-state index in [0.717, 1.165) is 18.3 Å². The summed E-state index contributed by atoms with van der Waals surface area (Å²) in [5, 5.41) is 0. The molecule has 31 heavy (non-hydrogen) atoms. The van der Waals surface area contributed by atoms with Crippen molar-refractivity contribution in [2.75, 3.05) is 7.11 Å². The first-order chi connectivity index (χ1) is 14.7. The van der Waals surface area contributed by atoms with Gasteiger partial charge >= 0.3 is 12.1 Å². The van der Waals surface area contributed by atoms with Crippen LogP contribution in [0.5, 0.6) is 0 Å². The molecular formula is C25H35NO5. The number of carbonyl (C=O) groups is 3. The van der Waals surface area contributed by atoms with E-state index in [-0.39, 0.29) is 5.97 Å². The molecule has 0 fully saturated rings. The van der Waals surface area contributed by atoms with Crippen molar-refractivity contribution in [2.45, 2.75) is 77.5 Å². The lowest BCUT2D eigenvalue weighted by atomic mass is 9.70. The van der Waals surface area contributed by atoms with Crippen molar-refractivity contribution in [3.8, 4) is 0 Å². The van der Waals surface area contributed by atoms with E-state index in [9.17, 15) is 14.4 Å². The fourth-order valence-electron chi connectivity index (χ4n) is 3.99. The van der Waals surface area contributed by atoms with Gasteiger partial charge in [0.05, 0.1) is 18.6 Å². The molecule has 1 aromatic rings. The van der Waals surface area contributed by atoms with Crippen molar-refractivity contribution in [3.63, 3.8) is 0 Å². The lowest BCUT2D eigenvalue weighted by Gasteiger charge is -2.44. The highest BCUT2D eigenvalue weighted by Crippen LogP contribution is 2.40. The molecule has 0 aromatic heterocycles. The summed E-state index contributed by atoms with van der Waals surface area (Å²) in [5.41, 5.74) is -0.386. The second-order valence-corrected chi connectivity index (χ2v) is 9.14. The number of methoxy groups -OCH3 is 1. The van der Waals surface area contributed by atoms with Crippen LogP contribution >= 0.6 is 0 Å². The fraction of sp³-hybridized carbons (Fsp3) is 0.560. The molecule has 0 unspecified atom stereocenters. The molecule has 0 aliphatic heterocycles. The van der Waals surface area contributed by atoms with Gasteiger partial charge in [0, 0.05) is 13.0 Å². The molecule has 1 aliphatic rings. The highest BCUT2D eigenvalue weighted by atomic mass is 16.6. The molecule has 0 saturated carbocycles. The molecule has 1 aliphatic carbocycles. The van der Waals surface area contributed by atoms with E-state index >= 15 is 0 Å². The number of carbonyl (C=O) groups excluding carboxylic acids is 3. The number of benzene rings is 1. The molecule has 170 valence electrons. The van der Waals surface area contributed by atoms with Gasteiger partial charge in [-0.05, 0) is 52.0 Å². The Labute approximate surface area is 185 Å². The van der Waals surface area contributed by atoms with E-state index in [2.05, 4.69) is 0 Å². The van der Waals surface area contributed by atoms with E-state index in [0.29, 0.717) is 38.6 Å². The molecule has 0 heterocycles. The molecule has 0 saturated heterocycles. The first-order valence-electron chi connectivity index (χ1n) is 10.9. The van der Waals surface area contributed by atoms with Crippen molar-refractivity contribution in [2.24, 2.45) is 5.41 Å². The molecule has 2 atom stereocenters. The van der Waals surface area contributed by atoms with Crippen molar-refractivity contribution in [3.05, 3.63) is 48.0 Å². The molecule has 6 nitrogen and oxygen atoms in total. The summed E-state index contributed by atoms with van der Waals surface area (Å²) in [5.74, 6) is -0.250. The van der Waals surface area contributed by atoms with Gasteiger partial charge in [-0.25, -0.2) is 4.79 Å². The van der Waals surface area contributed by atoms with E-state index < -0.39 is 23.2 Å². The molecule has 1 amide bonds. The third-order valence-corrected chi connectivity index (χ3v) is 5.58. The van der Waals surface area contributed by atoms with Crippen molar-refractivity contribution in [1.82, 2.24) is 4.90 Å². The van der Waals surface area contributed by atoms with Gasteiger partial charge in [-0.2, -0.15) is 0 Å². The van der Waals surface area contributed by atoms with Crippen molar-refractivity contribution >= 4 is 18.3 Å². The first-order valence-corrected chi connectivity index (χ1v) is 10.9. The van der Waals surface area contributed by atoms with E-state index in [4.69, 9.17) is 9.47 Å². The SMILES string of the molecule is COC(=O)CCCC[C@]1(C=O)CCC=C[C@H]1N(Cc1ccccc1)C(=O)OC(C)(C)C. The predicted molar refractivity (Wildman–Crippen MR) is 119 cm³/mol. The van der Waals surface area contributed by atoms with Crippen LogP contribution in [-0.2, 0) is 25.6 Å². The zero-order valence-corrected chi connectivity index (χ0v) is 19.1. The highest BCUT2D eigenvalue weighted by molar-refractivity contribution is 5.72. The van der Waals surface area contributed by atoms with Gasteiger partial charge in [0.15, 0.2) is 0 Å². The third-order valence-electron chi connectivity index (χ3n) is 5.58. The Morgan fingerprint density at radius 1 is 1.19 bits per heavy atom. The Morgan fingerprint density at radius 3 is 2.52 bits per heavy atom. The molecule has 0 bridgehead atoms. The summed E-state index contributed by atoms with van der Waals surface area (Å²) in [6.45, 7) is 5.86. The van der Waals surface area contributed by atoms with Crippen LogP contribution < -0.4 is 0 Å². The first kappa shape index (κ1) is 24.6. The summed E-state index contributed by atoms with van der Waals surface area (Å²) in [6, 6.07) is 9.30. The number of hydrogen-bond acceptors (Lipinski definition) is 5. The van der Waals surface area contributed by atoms with Crippen LogP contribution in [0.15, 0.2) is 42.5 Å². The Bertz CT molecular complexity index is 768. The molecule has 6 heteroatoms. The van der Waals surface area contributed by atoms with Gasteiger partial charge in [-0.3, -0.25) is 9.69 Å². The molecule has 0 N–H and O–H groups in total. The Balaban J connectivity index is 2.29. The topological polar surface area (TPSA) is 72.9 Å². The molecule has 2 rings (SSSR count). The quantitative estimate of drug-likeness (QED) is 0.237. The number of rotatable bonds is 9. The molecular weight excluding hydrogens is 394 g/mol. The lowest BCUT2D eigenvalue weighted by molar-refractivity contribution is -0.140. The maximum absolute atomic E-state index is 13.2. The third kappa shape index (κ3) is 7.23. The molecule has 0 radical (unpaired) electrons. The lowest BCUT2D eigenvalue weighted by Crippen LogP contribution is -2.52. The maximum atomic E-state index is 13.2. The van der Waals surface area contributed by atoms with Crippen molar-refractivity contribution in [1.29, 1.82) is 0 Å².